The minimum Gasteiger partial charge on any atom is -0.465 e. The van der Waals surface area contributed by atoms with E-state index in [9.17, 15) is 24.0 Å². The summed E-state index contributed by atoms with van der Waals surface area (Å²) < 4.78 is 24.4. The number of nitrogens with one attached hydrogen (secondary N) is 2. The monoisotopic (exact) mass is 1690 g/mol. The second-order valence-electron chi connectivity index (χ2n) is 28.0. The Morgan fingerprint density at radius 1 is 0.377 bits per heavy atom. The third kappa shape index (κ3) is 42.0. The van der Waals surface area contributed by atoms with E-state index in [1.165, 1.54) is 70.7 Å². The van der Waals surface area contributed by atoms with Gasteiger partial charge in [-0.25, -0.2) is 0 Å². The zero-order valence-electron chi connectivity index (χ0n) is 79.1. The van der Waals surface area contributed by atoms with Crippen LogP contribution in [0.2, 0.25) is 0 Å². The normalized spacial score (nSPS) is 11.5. The number of carbonyl (C=O) groups is 5. The highest BCUT2D eigenvalue weighted by molar-refractivity contribution is 7.26. The molecule has 0 saturated carbocycles. The first-order chi connectivity index (χ1) is 59.0. The molecule has 14 nitrogen and oxygen atoms in total. The van der Waals surface area contributed by atoms with Gasteiger partial charge in [0.1, 0.15) is 22.7 Å². The molecule has 10 aromatic carbocycles. The highest BCUT2D eigenvalue weighted by Crippen LogP contribution is 2.39. The maximum atomic E-state index is 11.7. The van der Waals surface area contributed by atoms with Crippen molar-refractivity contribution in [2.45, 2.75) is 236 Å². The van der Waals surface area contributed by atoms with Crippen molar-refractivity contribution >= 4 is 99.6 Å². The minimum absolute atomic E-state index is 0.0146. The van der Waals surface area contributed by atoms with Crippen molar-refractivity contribution in [1.29, 1.82) is 0 Å². The molecular weight excluding hydrogens is 1540 g/mol. The van der Waals surface area contributed by atoms with Crippen molar-refractivity contribution in [1.82, 2.24) is 5.32 Å². The van der Waals surface area contributed by atoms with E-state index in [0.717, 1.165) is 93.9 Å². The van der Waals surface area contributed by atoms with E-state index in [4.69, 9.17) is 33.9 Å². The van der Waals surface area contributed by atoms with Gasteiger partial charge in [-0.2, -0.15) is 0 Å². The molecule has 15 heteroatoms. The summed E-state index contributed by atoms with van der Waals surface area (Å²) in [4.78, 5) is 57.4. The van der Waals surface area contributed by atoms with Crippen LogP contribution in [-0.2, 0) is 41.7 Å². The van der Waals surface area contributed by atoms with Crippen LogP contribution in [0.1, 0.15) is 242 Å². The number of fused-ring (bicyclic) bond motifs is 7. The number of thiophene rings is 1. The second kappa shape index (κ2) is 69.3. The fourth-order valence-corrected chi connectivity index (χ4v) is 12.4. The van der Waals surface area contributed by atoms with Gasteiger partial charge in [-0.3, -0.25) is 24.0 Å². The Labute approximate surface area is 738 Å². The van der Waals surface area contributed by atoms with Crippen molar-refractivity contribution < 1.29 is 57.9 Å². The van der Waals surface area contributed by atoms with Crippen LogP contribution in [0.15, 0.2) is 241 Å². The first-order valence-electron chi connectivity index (χ1n) is 44.1. The number of hydrogen-bond donors (Lipinski definition) is 5. The molecule has 12 rings (SSSR count). The molecule has 0 saturated heterocycles. The predicted molar refractivity (Wildman–Crippen MR) is 523 cm³/mol. The van der Waals surface area contributed by atoms with Gasteiger partial charge >= 0.3 is 17.9 Å². The standard InChI is InChI=1S/C16H16O.C16H16S.C15H16O2.C14H21NO.C13H18O2.C11H15NO.C11H14O2.4C2H6.3CH4O/c1-3-11(2)12-8-9-14-13-6-4-5-7-15(13)17-16(14)10-12;1-3-11(2)12-8-6-9-14-13-7-4-5-10-15(13)17-16(12)14;1-3-11(2)15(16)17-14-9-8-12-6-4-5-7-13(12)10-14;1-5-12(4)14(16)15-9-13-7-10(2)6-11(3)8-13;1-3-11(2)13(14)15-10-9-12-7-5-4-6-8-12;1-3-9(2)11(13)12-10-7-5-4-6-8-10;1-3-9(2)11(12)13-10-7-5-4-6-8-10;7*1-2/h3*4-11H,3H2,1-2H3;6-8,12H,5,9H2,1-4H3,(H,15,16);4-8,11H,3,9-10H2,1-2H3;4-9H,3H2,1-2H3,(H,12,13);4-9H,3H2,1-2H3;4*1-2H3;3*2H,1H3. The van der Waals surface area contributed by atoms with E-state index in [0.29, 0.717) is 36.5 Å². The number of aryl methyl sites for hydroxylation is 2. The summed E-state index contributed by atoms with van der Waals surface area (Å²) >= 11 is 1.93. The lowest BCUT2D eigenvalue weighted by Crippen LogP contribution is -2.28. The zero-order chi connectivity index (χ0) is 92.5. The highest BCUT2D eigenvalue weighted by atomic mass is 32.1. The van der Waals surface area contributed by atoms with Gasteiger partial charge in [0.2, 0.25) is 11.8 Å². The molecule has 2 amide bonds. The number of aliphatic hydroxyl groups is 3. The average molecular weight is 1690 g/mol. The Hall–Kier alpha value is -10.3. The lowest BCUT2D eigenvalue weighted by Gasteiger charge is -2.10. The van der Waals surface area contributed by atoms with Crippen molar-refractivity contribution in [2.75, 3.05) is 33.3 Å². The van der Waals surface area contributed by atoms with Crippen LogP contribution in [0.3, 0.4) is 0 Å². The summed E-state index contributed by atoms with van der Waals surface area (Å²) in [5.41, 5.74) is 10.6. The molecule has 5 N–H and O–H groups in total. The van der Waals surface area contributed by atoms with Crippen LogP contribution >= 0.6 is 11.3 Å². The molecule has 0 aliphatic rings. The smallest absolute Gasteiger partial charge is 0.314 e. The number of carbonyl (C=O) groups excluding carboxylic acids is 5. The Morgan fingerprint density at radius 3 is 1.37 bits per heavy atom. The summed E-state index contributed by atoms with van der Waals surface area (Å²) in [6, 6.07) is 79.0. The van der Waals surface area contributed by atoms with Crippen molar-refractivity contribution in [2.24, 2.45) is 29.6 Å². The summed E-state index contributed by atoms with van der Waals surface area (Å²) in [5.74, 6) is 2.41. The number of ether oxygens (including phenoxy) is 3. The predicted octanol–water partition coefficient (Wildman–Crippen LogP) is 28.5. The Balaban J connectivity index is 0. The summed E-state index contributed by atoms with van der Waals surface area (Å²) in [6.07, 6.45) is 7.36. The summed E-state index contributed by atoms with van der Waals surface area (Å²) in [5, 5.41) is 34.3. The number of amides is 2. The van der Waals surface area contributed by atoms with E-state index in [1.54, 1.807) is 12.1 Å². The fraction of sp³-hybridized carbons (Fsp3) is 0.411. The van der Waals surface area contributed by atoms with E-state index in [2.05, 4.69) is 143 Å². The van der Waals surface area contributed by atoms with E-state index >= 15 is 0 Å². The van der Waals surface area contributed by atoms with Gasteiger partial charge in [0.05, 0.1) is 24.4 Å². The minimum atomic E-state index is -0.164. The molecule has 0 spiro atoms. The van der Waals surface area contributed by atoms with Crippen LogP contribution in [-0.4, -0.2) is 73.0 Å². The van der Waals surface area contributed by atoms with Crippen molar-refractivity contribution in [3.05, 3.63) is 270 Å². The van der Waals surface area contributed by atoms with Gasteiger partial charge in [0.15, 0.2) is 0 Å². The maximum absolute atomic E-state index is 11.7. The van der Waals surface area contributed by atoms with Gasteiger partial charge in [-0.1, -0.05) is 345 Å². The highest BCUT2D eigenvalue weighted by Gasteiger charge is 2.18. The molecule has 0 bridgehead atoms. The molecule has 7 unspecified atom stereocenters. The summed E-state index contributed by atoms with van der Waals surface area (Å²) in [6.45, 7) is 49.8. The molecule has 0 fully saturated rings. The molecule has 0 aliphatic heterocycles. The third-order valence-corrected chi connectivity index (χ3v) is 20.7. The molecule has 7 atom stereocenters. The molecule has 668 valence electrons. The first-order valence-corrected chi connectivity index (χ1v) is 44.9. The van der Waals surface area contributed by atoms with Gasteiger partial charge in [-0.15, -0.1) is 11.3 Å². The number of esters is 3. The second-order valence-corrected chi connectivity index (χ2v) is 29.0. The topological polar surface area (TPSA) is 211 Å². The number of aliphatic hydroxyl groups excluding tert-OH is 3. The number of para-hydroxylation sites is 3. The number of rotatable bonds is 22. The van der Waals surface area contributed by atoms with Crippen LogP contribution in [0.4, 0.5) is 5.69 Å². The SMILES string of the molecule is CC.CC.CC.CC.CCC(C)C(=O)NCc1cc(C)cc(C)c1.CCC(C)C(=O)Nc1ccccc1.CCC(C)C(=O)OCCc1ccccc1.CCC(C)C(=O)Oc1ccc2ccccc2c1.CCC(C)C(=O)Oc1ccccc1.CCC(C)c1ccc2c(c1)oc1ccccc12.CCC(C)c1cccc2c1sc1ccccc12.CO.CO.CO. The molecule has 2 heterocycles. The van der Waals surface area contributed by atoms with Gasteiger partial charge in [0, 0.05) is 82.8 Å². The Bertz CT molecular complexity index is 4630. The van der Waals surface area contributed by atoms with Crippen molar-refractivity contribution in [3.8, 4) is 11.5 Å². The third-order valence-electron chi connectivity index (χ3n) is 19.5. The molecule has 122 heavy (non-hydrogen) atoms. The number of hydrogen-bond acceptors (Lipinski definition) is 13. The Morgan fingerprint density at radius 2 is 0.828 bits per heavy atom. The fourth-order valence-electron chi connectivity index (χ4n) is 11.1. The average Bonchev–Trinajstić information content (AvgIpc) is 1.63. The number of benzene rings is 10. The van der Waals surface area contributed by atoms with Crippen LogP contribution in [0.25, 0.3) is 52.9 Å². The van der Waals surface area contributed by atoms with E-state index in [1.807, 2.05) is 269 Å². The summed E-state index contributed by atoms with van der Waals surface area (Å²) in [7, 11) is 3.00. The zero-order valence-corrected chi connectivity index (χ0v) is 79.9. The lowest BCUT2D eigenvalue weighted by molar-refractivity contribution is -0.148. The first kappa shape index (κ1) is 114. The maximum Gasteiger partial charge on any atom is 0.314 e. The van der Waals surface area contributed by atoms with Gasteiger partial charge in [0.25, 0.3) is 0 Å². The van der Waals surface area contributed by atoms with E-state index < -0.39 is 0 Å². The van der Waals surface area contributed by atoms with Crippen LogP contribution in [0.5, 0.6) is 11.5 Å². The molecule has 0 aliphatic carbocycles. The molecule has 2 aromatic heterocycles. The molecule has 12 aromatic rings. The lowest BCUT2D eigenvalue weighted by atomic mass is 9.97. The van der Waals surface area contributed by atoms with Gasteiger partial charge < -0.3 is 44.6 Å². The van der Waals surface area contributed by atoms with Crippen molar-refractivity contribution in [3.63, 3.8) is 0 Å². The van der Waals surface area contributed by atoms with Crippen LogP contribution in [0, 0.1) is 43.4 Å². The Kier molecular flexibility index (Phi) is 64.6. The quantitative estimate of drug-likeness (QED) is 0.0317. The molecule has 0 radical (unpaired) electrons. The van der Waals surface area contributed by atoms with Gasteiger partial charge in [-0.05, 0) is 158 Å². The molecular formula is C107H152N2O12S. The largest absolute Gasteiger partial charge is 0.465 e. The van der Waals surface area contributed by atoms with E-state index in [-0.39, 0.29) is 59.3 Å². The number of furan rings is 1. The number of anilines is 1. The van der Waals surface area contributed by atoms with Crippen LogP contribution < -0.4 is 20.1 Å².